The maximum atomic E-state index is 12.2. The maximum absolute atomic E-state index is 12.2. The first kappa shape index (κ1) is 13.7. The van der Waals surface area contributed by atoms with E-state index in [2.05, 4.69) is 20.4 Å². The summed E-state index contributed by atoms with van der Waals surface area (Å²) in [7, 11) is 0. The molecule has 2 aromatic carbocycles. The molecule has 0 aliphatic heterocycles. The van der Waals surface area contributed by atoms with Gasteiger partial charge in [-0.2, -0.15) is 5.10 Å². The molecular formula is C16H13N5O. The Morgan fingerprint density at radius 3 is 2.59 bits per heavy atom. The van der Waals surface area contributed by atoms with Crippen LogP contribution in [0.15, 0.2) is 60.2 Å². The van der Waals surface area contributed by atoms with Gasteiger partial charge in [0.1, 0.15) is 6.33 Å². The Balaban J connectivity index is 1.88. The molecular weight excluding hydrogens is 278 g/mol. The average Bonchev–Trinajstić information content (AvgIpc) is 2.55. The minimum atomic E-state index is -0.204. The fraction of sp³-hybridized carbons (Fsp3) is 0. The molecule has 0 fully saturated rings. The summed E-state index contributed by atoms with van der Waals surface area (Å²) >= 11 is 0. The third kappa shape index (κ3) is 2.90. The van der Waals surface area contributed by atoms with Gasteiger partial charge in [-0.1, -0.05) is 18.2 Å². The number of nitrogens with two attached hydrogens (primary N) is 1. The van der Waals surface area contributed by atoms with E-state index in [4.69, 9.17) is 5.84 Å². The van der Waals surface area contributed by atoms with E-state index in [1.165, 1.54) is 6.33 Å². The Morgan fingerprint density at radius 1 is 1.09 bits per heavy atom. The molecule has 1 aromatic heterocycles. The van der Waals surface area contributed by atoms with Gasteiger partial charge in [-0.3, -0.25) is 4.79 Å². The van der Waals surface area contributed by atoms with Gasteiger partial charge < -0.3 is 11.2 Å². The molecule has 0 spiro atoms. The van der Waals surface area contributed by atoms with E-state index >= 15 is 0 Å². The van der Waals surface area contributed by atoms with Crippen molar-refractivity contribution < 1.29 is 4.79 Å². The van der Waals surface area contributed by atoms with Crippen LogP contribution in [0.5, 0.6) is 0 Å². The van der Waals surface area contributed by atoms with E-state index in [0.29, 0.717) is 11.3 Å². The molecule has 0 atom stereocenters. The third-order valence-corrected chi connectivity index (χ3v) is 3.17. The fourth-order valence-corrected chi connectivity index (χ4v) is 2.14. The normalized spacial score (nSPS) is 10.9. The van der Waals surface area contributed by atoms with Crippen LogP contribution >= 0.6 is 0 Å². The highest BCUT2D eigenvalue weighted by molar-refractivity contribution is 6.06. The number of carbonyl (C=O) groups excluding carboxylic acids is 1. The summed E-state index contributed by atoms with van der Waals surface area (Å²) in [5.74, 6) is 4.94. The zero-order valence-corrected chi connectivity index (χ0v) is 11.6. The summed E-state index contributed by atoms with van der Waals surface area (Å²) in [6, 6.07) is 11.3. The van der Waals surface area contributed by atoms with E-state index in [1.807, 2.05) is 30.3 Å². The van der Waals surface area contributed by atoms with Gasteiger partial charge in [-0.15, -0.1) is 0 Å². The topological polar surface area (TPSA) is 93.3 Å². The number of aromatic nitrogens is 2. The molecule has 0 radical (unpaired) electrons. The number of nitrogens with zero attached hydrogens (tertiary/aromatic N) is 3. The van der Waals surface area contributed by atoms with E-state index in [1.54, 1.807) is 24.7 Å². The highest BCUT2D eigenvalue weighted by Crippen LogP contribution is 2.18. The first-order chi connectivity index (χ1) is 10.8. The molecule has 0 bridgehead atoms. The lowest BCUT2D eigenvalue weighted by Crippen LogP contribution is -2.12. The summed E-state index contributed by atoms with van der Waals surface area (Å²) in [6.07, 6.45) is 6.08. The van der Waals surface area contributed by atoms with Crippen molar-refractivity contribution in [2.24, 2.45) is 10.9 Å². The zero-order valence-electron chi connectivity index (χ0n) is 11.6. The summed E-state index contributed by atoms with van der Waals surface area (Å²) in [5.41, 5.74) is 2.03. The Morgan fingerprint density at radius 2 is 1.82 bits per heavy atom. The van der Waals surface area contributed by atoms with Gasteiger partial charge >= 0.3 is 0 Å². The van der Waals surface area contributed by atoms with E-state index < -0.39 is 0 Å². The monoisotopic (exact) mass is 291 g/mol. The smallest absolute Gasteiger partial charge is 0.255 e. The molecule has 1 heterocycles. The van der Waals surface area contributed by atoms with Crippen molar-refractivity contribution >= 4 is 28.6 Å². The number of hydrogen-bond acceptors (Lipinski definition) is 5. The molecule has 22 heavy (non-hydrogen) atoms. The van der Waals surface area contributed by atoms with Crippen LogP contribution in [0.3, 0.4) is 0 Å². The van der Waals surface area contributed by atoms with Gasteiger partial charge in [0.15, 0.2) is 0 Å². The molecule has 3 rings (SSSR count). The second-order valence-electron chi connectivity index (χ2n) is 4.68. The van der Waals surface area contributed by atoms with E-state index in [0.717, 1.165) is 16.3 Å². The van der Waals surface area contributed by atoms with Crippen molar-refractivity contribution in [1.82, 2.24) is 9.97 Å². The second kappa shape index (κ2) is 6.01. The number of fused-ring (bicyclic) bond motifs is 1. The number of hydrazone groups is 1. The number of nitrogens with one attached hydrogen (secondary N) is 1. The molecule has 1 amide bonds. The first-order valence-electron chi connectivity index (χ1n) is 6.60. The zero-order chi connectivity index (χ0) is 15.4. The van der Waals surface area contributed by atoms with Crippen molar-refractivity contribution in [3.8, 4) is 0 Å². The van der Waals surface area contributed by atoms with Crippen molar-refractivity contribution in [2.75, 3.05) is 5.32 Å². The van der Waals surface area contributed by atoms with Crippen LogP contribution in [0.1, 0.15) is 15.9 Å². The maximum Gasteiger partial charge on any atom is 0.255 e. The average molecular weight is 291 g/mol. The van der Waals surface area contributed by atoms with Crippen molar-refractivity contribution in [3.63, 3.8) is 0 Å². The Hall–Kier alpha value is -3.28. The number of anilines is 1. The number of benzene rings is 2. The minimum absolute atomic E-state index is 0.204. The molecule has 0 aliphatic carbocycles. The van der Waals surface area contributed by atoms with Crippen molar-refractivity contribution in [2.45, 2.75) is 0 Å². The highest BCUT2D eigenvalue weighted by Gasteiger charge is 2.07. The van der Waals surface area contributed by atoms with E-state index in [-0.39, 0.29) is 5.91 Å². The molecule has 0 saturated carbocycles. The van der Waals surface area contributed by atoms with E-state index in [9.17, 15) is 4.79 Å². The SMILES string of the molecule is NN=Cc1ccc2cc(C(=O)Nc3cncnc3)ccc2c1. The largest absolute Gasteiger partial charge is 0.323 e. The van der Waals surface area contributed by atoms with Crippen molar-refractivity contribution in [3.05, 3.63) is 66.2 Å². The lowest BCUT2D eigenvalue weighted by molar-refractivity contribution is 0.102. The fourth-order valence-electron chi connectivity index (χ4n) is 2.14. The molecule has 0 saturated heterocycles. The van der Waals surface area contributed by atoms with Crippen LogP contribution in [0.4, 0.5) is 5.69 Å². The molecule has 3 N–H and O–H groups in total. The highest BCUT2D eigenvalue weighted by atomic mass is 16.1. The van der Waals surface area contributed by atoms with Crippen molar-refractivity contribution in [1.29, 1.82) is 0 Å². The lowest BCUT2D eigenvalue weighted by atomic mass is 10.0. The summed E-state index contributed by atoms with van der Waals surface area (Å²) in [5, 5.41) is 8.23. The Bertz CT molecular complexity index is 846. The first-order valence-corrected chi connectivity index (χ1v) is 6.60. The van der Waals surface area contributed by atoms with Crippen LogP contribution in [-0.2, 0) is 0 Å². The minimum Gasteiger partial charge on any atom is -0.323 e. The Labute approximate surface area is 126 Å². The second-order valence-corrected chi connectivity index (χ2v) is 4.68. The van der Waals surface area contributed by atoms with Gasteiger partial charge in [0.05, 0.1) is 24.3 Å². The molecule has 6 heteroatoms. The third-order valence-electron chi connectivity index (χ3n) is 3.17. The quantitative estimate of drug-likeness (QED) is 0.439. The van der Waals surface area contributed by atoms with Crippen LogP contribution in [-0.4, -0.2) is 22.1 Å². The van der Waals surface area contributed by atoms with Gasteiger partial charge in [0.25, 0.3) is 5.91 Å². The van der Waals surface area contributed by atoms with Crippen LogP contribution < -0.4 is 11.2 Å². The van der Waals surface area contributed by atoms with Gasteiger partial charge in [-0.05, 0) is 34.5 Å². The molecule has 0 unspecified atom stereocenters. The lowest BCUT2D eigenvalue weighted by Gasteiger charge is -2.06. The predicted molar refractivity (Wildman–Crippen MR) is 85.7 cm³/mol. The predicted octanol–water partition coefficient (Wildman–Crippen LogP) is 2.17. The summed E-state index contributed by atoms with van der Waals surface area (Å²) in [4.78, 5) is 19.9. The molecule has 108 valence electrons. The Kier molecular flexibility index (Phi) is 3.74. The van der Waals surface area contributed by atoms with Crippen LogP contribution in [0, 0.1) is 0 Å². The van der Waals surface area contributed by atoms with Crippen LogP contribution in [0.2, 0.25) is 0 Å². The molecule has 3 aromatic rings. The number of amides is 1. The van der Waals surface area contributed by atoms with Gasteiger partial charge in [0, 0.05) is 5.56 Å². The molecule has 6 nitrogen and oxygen atoms in total. The van der Waals surface area contributed by atoms with Gasteiger partial charge in [-0.25, -0.2) is 9.97 Å². The number of carbonyl (C=O) groups is 1. The number of hydrogen-bond donors (Lipinski definition) is 2. The van der Waals surface area contributed by atoms with Gasteiger partial charge in [0.2, 0.25) is 0 Å². The summed E-state index contributed by atoms with van der Waals surface area (Å²) < 4.78 is 0. The summed E-state index contributed by atoms with van der Waals surface area (Å²) in [6.45, 7) is 0. The van der Waals surface area contributed by atoms with Crippen LogP contribution in [0.25, 0.3) is 10.8 Å². The molecule has 0 aliphatic rings. The standard InChI is InChI=1S/C16H13N5O/c17-20-7-11-1-2-13-6-14(4-3-12(13)5-11)16(22)21-15-8-18-10-19-9-15/h1-10H,17H2,(H,21,22). The number of rotatable bonds is 3.